The summed E-state index contributed by atoms with van der Waals surface area (Å²) in [5, 5.41) is 20.0. The molecule has 1 atom stereocenters. The zero-order valence-corrected chi connectivity index (χ0v) is 12.0. The number of nitro groups is 1. The van der Waals surface area contributed by atoms with Crippen LogP contribution in [0.3, 0.4) is 0 Å². The Bertz CT molecular complexity index is 636. The van der Waals surface area contributed by atoms with E-state index in [1.807, 2.05) is 0 Å². The van der Waals surface area contributed by atoms with Crippen molar-refractivity contribution in [1.29, 1.82) is 5.26 Å². The lowest BCUT2D eigenvalue weighted by Gasteiger charge is -2.11. The van der Waals surface area contributed by atoms with E-state index < -0.39 is 34.4 Å². The van der Waals surface area contributed by atoms with E-state index in [4.69, 9.17) is 21.6 Å². The number of nitro benzene ring substituents is 1. The van der Waals surface area contributed by atoms with Gasteiger partial charge in [-0.3, -0.25) is 19.7 Å². The van der Waals surface area contributed by atoms with E-state index in [-0.39, 0.29) is 10.6 Å². The molecule has 0 radical (unpaired) electrons. The fourth-order valence-electron chi connectivity index (χ4n) is 1.54. The topological polar surface area (TPSA) is 110 Å². The van der Waals surface area contributed by atoms with Gasteiger partial charge in [-0.1, -0.05) is 11.6 Å². The third-order valence-electron chi connectivity index (χ3n) is 2.40. The molecule has 1 aromatic rings. The van der Waals surface area contributed by atoms with Gasteiger partial charge in [-0.25, -0.2) is 0 Å². The lowest BCUT2D eigenvalue weighted by Crippen LogP contribution is -2.27. The monoisotopic (exact) mass is 310 g/mol. The molecule has 0 aromatic heterocycles. The van der Waals surface area contributed by atoms with Crippen LogP contribution < -0.4 is 0 Å². The molecule has 1 aromatic carbocycles. The number of carbonyl (C=O) groups excluding carboxylic acids is 2. The van der Waals surface area contributed by atoms with Crippen molar-refractivity contribution in [3.05, 3.63) is 38.9 Å². The Morgan fingerprint density at radius 2 is 2.05 bits per heavy atom. The first-order valence-corrected chi connectivity index (χ1v) is 6.24. The number of carbonyl (C=O) groups is 2. The van der Waals surface area contributed by atoms with E-state index >= 15 is 0 Å². The molecule has 0 N–H and O–H groups in total. The summed E-state index contributed by atoms with van der Waals surface area (Å²) in [6.07, 6.45) is -0.513. The number of hydrogen-bond acceptors (Lipinski definition) is 6. The average Bonchev–Trinajstić information content (AvgIpc) is 2.38. The largest absolute Gasteiger partial charge is 0.462 e. The second kappa shape index (κ2) is 6.81. The zero-order chi connectivity index (χ0) is 16.2. The van der Waals surface area contributed by atoms with Gasteiger partial charge in [0, 0.05) is 11.1 Å². The Balaban J connectivity index is 3.21. The quantitative estimate of drug-likeness (QED) is 0.272. The van der Waals surface area contributed by atoms with Crippen molar-refractivity contribution in [3.8, 4) is 6.07 Å². The molecule has 0 saturated heterocycles. The van der Waals surface area contributed by atoms with Crippen LogP contribution in [0.1, 0.15) is 24.2 Å². The van der Waals surface area contributed by atoms with Crippen LogP contribution in [0, 0.1) is 27.4 Å². The van der Waals surface area contributed by atoms with Crippen LogP contribution in [-0.4, -0.2) is 22.8 Å². The number of esters is 1. The molecule has 0 spiro atoms. The molecule has 0 amide bonds. The fourth-order valence-corrected chi connectivity index (χ4v) is 1.70. The van der Waals surface area contributed by atoms with Crippen molar-refractivity contribution >= 4 is 29.0 Å². The standard InChI is InChI=1S/C13H11ClN2O5/c1-7(2)21-13(18)10(6-15)12(17)9-4-3-8(14)5-11(9)16(19)20/h3-5,7,10H,1-2H3. The molecule has 7 nitrogen and oxygen atoms in total. The smallest absolute Gasteiger partial charge is 0.331 e. The number of ether oxygens (including phenoxy) is 1. The first-order chi connectivity index (χ1) is 9.77. The van der Waals surface area contributed by atoms with Gasteiger partial charge < -0.3 is 4.74 Å². The van der Waals surface area contributed by atoms with Gasteiger partial charge in [-0.2, -0.15) is 5.26 Å². The lowest BCUT2D eigenvalue weighted by molar-refractivity contribution is -0.385. The minimum Gasteiger partial charge on any atom is -0.462 e. The molecule has 1 rings (SSSR count). The average molecular weight is 311 g/mol. The maximum Gasteiger partial charge on any atom is 0.331 e. The normalized spacial score (nSPS) is 11.6. The molecule has 0 heterocycles. The summed E-state index contributed by atoms with van der Waals surface area (Å²) < 4.78 is 4.79. The molecular weight excluding hydrogens is 300 g/mol. The Kier molecular flexibility index (Phi) is 5.38. The Morgan fingerprint density at radius 1 is 1.43 bits per heavy atom. The molecule has 0 fully saturated rings. The van der Waals surface area contributed by atoms with Gasteiger partial charge in [0.15, 0.2) is 5.78 Å². The van der Waals surface area contributed by atoms with Gasteiger partial charge in [0.1, 0.15) is 0 Å². The fraction of sp³-hybridized carbons (Fsp3) is 0.308. The second-order valence-electron chi connectivity index (χ2n) is 4.33. The Labute approximate surface area is 125 Å². The van der Waals surface area contributed by atoms with Crippen LogP contribution in [-0.2, 0) is 9.53 Å². The van der Waals surface area contributed by atoms with Gasteiger partial charge in [0.2, 0.25) is 5.92 Å². The first-order valence-electron chi connectivity index (χ1n) is 5.86. The van der Waals surface area contributed by atoms with Crippen LogP contribution in [0.15, 0.2) is 18.2 Å². The van der Waals surface area contributed by atoms with Crippen molar-refractivity contribution in [2.75, 3.05) is 0 Å². The number of rotatable bonds is 5. The molecule has 1 unspecified atom stereocenters. The van der Waals surface area contributed by atoms with Crippen LogP contribution >= 0.6 is 11.6 Å². The van der Waals surface area contributed by atoms with Crippen molar-refractivity contribution in [2.45, 2.75) is 20.0 Å². The highest BCUT2D eigenvalue weighted by Crippen LogP contribution is 2.26. The van der Waals surface area contributed by atoms with Crippen molar-refractivity contribution < 1.29 is 19.2 Å². The SMILES string of the molecule is CC(C)OC(=O)C(C#N)C(=O)c1ccc(Cl)cc1[N+](=O)[O-]. The summed E-state index contributed by atoms with van der Waals surface area (Å²) in [6.45, 7) is 3.11. The summed E-state index contributed by atoms with van der Waals surface area (Å²) in [5.41, 5.74) is -0.929. The summed E-state index contributed by atoms with van der Waals surface area (Å²) >= 11 is 5.64. The third-order valence-corrected chi connectivity index (χ3v) is 2.64. The molecule has 110 valence electrons. The minimum atomic E-state index is -1.76. The summed E-state index contributed by atoms with van der Waals surface area (Å²) in [6, 6.07) is 4.86. The van der Waals surface area contributed by atoms with Gasteiger partial charge in [0.25, 0.3) is 5.69 Å². The van der Waals surface area contributed by atoms with Gasteiger partial charge in [-0.05, 0) is 26.0 Å². The molecule has 0 aliphatic carbocycles. The van der Waals surface area contributed by atoms with Crippen LogP contribution in [0.4, 0.5) is 5.69 Å². The Hall–Kier alpha value is -2.46. The van der Waals surface area contributed by atoms with E-state index in [0.29, 0.717) is 0 Å². The minimum absolute atomic E-state index is 0.0662. The van der Waals surface area contributed by atoms with Crippen LogP contribution in [0.5, 0.6) is 0 Å². The van der Waals surface area contributed by atoms with Crippen molar-refractivity contribution in [1.82, 2.24) is 0 Å². The zero-order valence-electron chi connectivity index (χ0n) is 11.2. The lowest BCUT2D eigenvalue weighted by atomic mass is 9.97. The second-order valence-corrected chi connectivity index (χ2v) is 4.77. The highest BCUT2D eigenvalue weighted by Gasteiger charge is 2.33. The third kappa shape index (κ3) is 4.00. The van der Waals surface area contributed by atoms with Crippen LogP contribution in [0.2, 0.25) is 5.02 Å². The maximum atomic E-state index is 12.2. The van der Waals surface area contributed by atoms with Crippen LogP contribution in [0.25, 0.3) is 0 Å². The molecule has 0 bridgehead atoms. The number of nitriles is 1. The molecule has 0 aliphatic heterocycles. The molecule has 8 heteroatoms. The highest BCUT2D eigenvalue weighted by molar-refractivity contribution is 6.31. The van der Waals surface area contributed by atoms with Gasteiger partial charge >= 0.3 is 5.97 Å². The van der Waals surface area contributed by atoms with Crippen molar-refractivity contribution in [3.63, 3.8) is 0 Å². The number of halogens is 1. The van der Waals surface area contributed by atoms with Gasteiger partial charge in [-0.15, -0.1) is 0 Å². The van der Waals surface area contributed by atoms with E-state index in [9.17, 15) is 19.7 Å². The van der Waals surface area contributed by atoms with E-state index in [0.717, 1.165) is 12.1 Å². The van der Waals surface area contributed by atoms with Crippen molar-refractivity contribution in [2.24, 2.45) is 5.92 Å². The number of nitrogens with zero attached hydrogens (tertiary/aromatic N) is 2. The number of Topliss-reactive ketones (excluding diaryl/α,β-unsaturated/α-hetero) is 1. The van der Waals surface area contributed by atoms with E-state index in [1.165, 1.54) is 12.1 Å². The molecule has 0 saturated carbocycles. The first kappa shape index (κ1) is 16.6. The predicted molar refractivity (Wildman–Crippen MR) is 72.8 cm³/mol. The maximum absolute atomic E-state index is 12.2. The summed E-state index contributed by atoms with van der Waals surface area (Å²) in [5.74, 6) is -3.79. The number of ketones is 1. The number of hydrogen-bond donors (Lipinski definition) is 0. The van der Waals surface area contributed by atoms with Gasteiger partial charge in [0.05, 0.1) is 22.7 Å². The molecular formula is C13H11ClN2O5. The summed E-state index contributed by atoms with van der Waals surface area (Å²) in [7, 11) is 0. The Morgan fingerprint density at radius 3 is 2.52 bits per heavy atom. The molecule has 0 aliphatic rings. The number of benzene rings is 1. The highest BCUT2D eigenvalue weighted by atomic mass is 35.5. The predicted octanol–water partition coefficient (Wildman–Crippen LogP) is 2.52. The van der Waals surface area contributed by atoms with E-state index in [2.05, 4.69) is 0 Å². The van der Waals surface area contributed by atoms with E-state index in [1.54, 1.807) is 13.8 Å². The summed E-state index contributed by atoms with van der Waals surface area (Å²) in [4.78, 5) is 34.0. The molecule has 21 heavy (non-hydrogen) atoms.